The Morgan fingerprint density at radius 2 is 1.79 bits per heavy atom. The molecular weight excluding hydrogens is 304 g/mol. The Morgan fingerprint density at radius 1 is 1.17 bits per heavy atom. The predicted octanol–water partition coefficient (Wildman–Crippen LogP) is 2.94. The van der Waals surface area contributed by atoms with Gasteiger partial charge in [-0.2, -0.15) is 0 Å². The number of carboxylic acid groups (broad SMARTS) is 1. The zero-order valence-corrected chi connectivity index (χ0v) is 15.6. The molecule has 0 bridgehead atoms. The monoisotopic (exact) mass is 340 g/mol. The highest BCUT2D eigenvalue weighted by atomic mass is 16.5. The van der Waals surface area contributed by atoms with Gasteiger partial charge < -0.3 is 20.5 Å². The zero-order chi connectivity index (χ0) is 17.6. The highest BCUT2D eigenvalue weighted by molar-refractivity contribution is 5.70. The summed E-state index contributed by atoms with van der Waals surface area (Å²) in [6, 6.07) is 1.24. The lowest BCUT2D eigenvalue weighted by molar-refractivity contribution is -0.142. The van der Waals surface area contributed by atoms with Crippen molar-refractivity contribution in [3.05, 3.63) is 0 Å². The number of carbonyl (C=O) groups is 1. The Kier molecular flexibility index (Phi) is 7.51. The number of rotatable bonds is 9. The molecule has 2 fully saturated rings. The number of ether oxygens (including phenoxy) is 1. The van der Waals surface area contributed by atoms with Crippen LogP contribution in [0.3, 0.4) is 0 Å². The molecule has 1 atom stereocenters. The van der Waals surface area contributed by atoms with Crippen LogP contribution >= 0.6 is 0 Å². The molecule has 0 saturated heterocycles. The second kappa shape index (κ2) is 9.16. The van der Waals surface area contributed by atoms with E-state index < -0.39 is 5.97 Å². The third kappa shape index (κ3) is 6.01. The molecular formula is C19H36N2O3. The maximum atomic E-state index is 11.0. The molecule has 5 nitrogen and oxygen atoms in total. The summed E-state index contributed by atoms with van der Waals surface area (Å²) >= 11 is 0. The summed E-state index contributed by atoms with van der Waals surface area (Å²) in [5, 5.41) is 16.4. The molecule has 0 aliphatic heterocycles. The van der Waals surface area contributed by atoms with Gasteiger partial charge in [-0.3, -0.25) is 4.79 Å². The average molecular weight is 341 g/mol. The van der Waals surface area contributed by atoms with Crippen LogP contribution in [0.25, 0.3) is 0 Å². The molecule has 2 saturated carbocycles. The van der Waals surface area contributed by atoms with Gasteiger partial charge in [-0.05, 0) is 45.4 Å². The first-order valence-corrected chi connectivity index (χ1v) is 9.74. The lowest BCUT2D eigenvalue weighted by atomic mass is 9.86. The van der Waals surface area contributed by atoms with Crippen LogP contribution in [-0.4, -0.2) is 48.0 Å². The van der Waals surface area contributed by atoms with Crippen molar-refractivity contribution < 1.29 is 14.6 Å². The van der Waals surface area contributed by atoms with E-state index in [4.69, 9.17) is 9.84 Å². The van der Waals surface area contributed by atoms with Crippen molar-refractivity contribution in [2.45, 2.75) is 95.8 Å². The van der Waals surface area contributed by atoms with Gasteiger partial charge in [-0.25, -0.2) is 0 Å². The molecule has 2 aliphatic carbocycles. The van der Waals surface area contributed by atoms with Crippen molar-refractivity contribution in [1.29, 1.82) is 0 Å². The second-order valence-corrected chi connectivity index (χ2v) is 8.26. The molecule has 2 aliphatic rings. The van der Waals surface area contributed by atoms with Crippen molar-refractivity contribution in [2.24, 2.45) is 5.92 Å². The minimum atomic E-state index is -0.635. The van der Waals surface area contributed by atoms with E-state index in [2.05, 4.69) is 31.4 Å². The first kappa shape index (κ1) is 19.7. The Balaban J connectivity index is 1.66. The molecule has 0 aromatic rings. The summed E-state index contributed by atoms with van der Waals surface area (Å²) in [4.78, 5) is 11.0. The molecule has 0 aromatic carbocycles. The summed E-state index contributed by atoms with van der Waals surface area (Å²) in [6.45, 7) is 8.10. The van der Waals surface area contributed by atoms with Crippen LogP contribution in [0.2, 0.25) is 0 Å². The molecule has 3 N–H and O–H groups in total. The van der Waals surface area contributed by atoms with Crippen LogP contribution in [0.1, 0.15) is 72.1 Å². The second-order valence-electron chi connectivity index (χ2n) is 8.26. The smallest absolute Gasteiger partial charge is 0.306 e. The molecule has 0 heterocycles. The number of aliphatic carboxylic acids is 1. The topological polar surface area (TPSA) is 70.6 Å². The standard InChI is InChI=1S/C19H36N2O3/c1-14(2)21-19(10-4-5-11-19)13-24-12-15(3)20-17-8-6-16(7-9-17)18(22)23/h14-17,20-21H,4-13H2,1-3H3,(H,22,23). The highest BCUT2D eigenvalue weighted by Gasteiger charge is 2.34. The Morgan fingerprint density at radius 3 is 2.33 bits per heavy atom. The van der Waals surface area contributed by atoms with E-state index in [0.717, 1.165) is 38.9 Å². The molecule has 2 rings (SSSR count). The van der Waals surface area contributed by atoms with Crippen LogP contribution in [-0.2, 0) is 9.53 Å². The van der Waals surface area contributed by atoms with Gasteiger partial charge in [0.25, 0.3) is 0 Å². The molecule has 140 valence electrons. The number of hydrogen-bond donors (Lipinski definition) is 3. The third-order valence-corrected chi connectivity index (χ3v) is 5.50. The summed E-state index contributed by atoms with van der Waals surface area (Å²) in [7, 11) is 0. The Labute approximate surface area is 146 Å². The molecule has 0 radical (unpaired) electrons. The number of hydrogen-bond acceptors (Lipinski definition) is 4. The van der Waals surface area contributed by atoms with Gasteiger partial charge in [0.15, 0.2) is 0 Å². The third-order valence-electron chi connectivity index (χ3n) is 5.50. The van der Waals surface area contributed by atoms with E-state index in [9.17, 15) is 4.79 Å². The fraction of sp³-hybridized carbons (Fsp3) is 0.947. The quantitative estimate of drug-likeness (QED) is 0.602. The minimum Gasteiger partial charge on any atom is -0.481 e. The first-order valence-electron chi connectivity index (χ1n) is 9.74. The maximum absolute atomic E-state index is 11.0. The molecule has 0 aromatic heterocycles. The van der Waals surface area contributed by atoms with Crippen LogP contribution in [0.15, 0.2) is 0 Å². The van der Waals surface area contributed by atoms with E-state index in [1.54, 1.807) is 0 Å². The van der Waals surface area contributed by atoms with Gasteiger partial charge in [-0.15, -0.1) is 0 Å². The molecule has 0 spiro atoms. The van der Waals surface area contributed by atoms with E-state index in [1.165, 1.54) is 25.7 Å². The van der Waals surface area contributed by atoms with E-state index in [1.807, 2.05) is 0 Å². The van der Waals surface area contributed by atoms with Crippen molar-refractivity contribution in [3.8, 4) is 0 Å². The summed E-state index contributed by atoms with van der Waals surface area (Å²) in [5.41, 5.74) is 0.174. The van der Waals surface area contributed by atoms with Crippen molar-refractivity contribution in [1.82, 2.24) is 10.6 Å². The van der Waals surface area contributed by atoms with E-state index in [0.29, 0.717) is 18.1 Å². The van der Waals surface area contributed by atoms with E-state index >= 15 is 0 Å². The van der Waals surface area contributed by atoms with Crippen LogP contribution in [0, 0.1) is 5.92 Å². The van der Waals surface area contributed by atoms with Crippen LogP contribution < -0.4 is 10.6 Å². The summed E-state index contributed by atoms with van der Waals surface area (Å²) in [5.74, 6) is -0.775. The van der Waals surface area contributed by atoms with Crippen molar-refractivity contribution >= 4 is 5.97 Å². The highest BCUT2D eigenvalue weighted by Crippen LogP contribution is 2.30. The summed E-state index contributed by atoms with van der Waals surface area (Å²) < 4.78 is 6.07. The molecule has 5 heteroatoms. The van der Waals surface area contributed by atoms with Gasteiger partial charge in [0, 0.05) is 23.7 Å². The van der Waals surface area contributed by atoms with Crippen molar-refractivity contribution in [3.63, 3.8) is 0 Å². The average Bonchev–Trinajstić information content (AvgIpc) is 2.95. The van der Waals surface area contributed by atoms with E-state index in [-0.39, 0.29) is 11.5 Å². The van der Waals surface area contributed by atoms with Crippen LogP contribution in [0.4, 0.5) is 0 Å². The fourth-order valence-corrected chi connectivity index (χ4v) is 4.38. The molecule has 0 amide bonds. The number of nitrogens with one attached hydrogen (secondary N) is 2. The van der Waals surface area contributed by atoms with Crippen LogP contribution in [0.5, 0.6) is 0 Å². The minimum absolute atomic E-state index is 0.140. The SMILES string of the molecule is CC(C)NC1(COCC(C)NC2CCC(C(=O)O)CC2)CCCC1. The lowest BCUT2D eigenvalue weighted by Crippen LogP contribution is -2.50. The van der Waals surface area contributed by atoms with Crippen molar-refractivity contribution in [2.75, 3.05) is 13.2 Å². The van der Waals surface area contributed by atoms with Gasteiger partial charge >= 0.3 is 5.97 Å². The summed E-state index contributed by atoms with van der Waals surface area (Å²) in [6.07, 6.45) is 8.52. The lowest BCUT2D eigenvalue weighted by Gasteiger charge is -2.33. The van der Waals surface area contributed by atoms with Gasteiger partial charge in [0.1, 0.15) is 0 Å². The molecule has 1 unspecified atom stereocenters. The first-order chi connectivity index (χ1) is 11.4. The Bertz CT molecular complexity index is 386. The Hall–Kier alpha value is -0.650. The fourth-order valence-electron chi connectivity index (χ4n) is 4.38. The normalized spacial score (nSPS) is 28.2. The largest absolute Gasteiger partial charge is 0.481 e. The van der Waals surface area contributed by atoms with Gasteiger partial charge in [-0.1, -0.05) is 26.7 Å². The van der Waals surface area contributed by atoms with Gasteiger partial charge in [0.05, 0.1) is 19.1 Å². The predicted molar refractivity (Wildman–Crippen MR) is 96.3 cm³/mol. The van der Waals surface area contributed by atoms with Gasteiger partial charge in [0.2, 0.25) is 0 Å². The molecule has 24 heavy (non-hydrogen) atoms. The zero-order valence-electron chi connectivity index (χ0n) is 15.6. The maximum Gasteiger partial charge on any atom is 0.306 e. The number of carboxylic acids is 1.